The number of nitrogens with zero attached hydrogens (tertiary/aromatic N) is 2. The number of anilines is 1. The van der Waals surface area contributed by atoms with E-state index in [-0.39, 0.29) is 5.91 Å². The van der Waals surface area contributed by atoms with E-state index < -0.39 is 0 Å². The number of rotatable bonds is 4. The molecule has 5 heteroatoms. The number of benzene rings is 2. The van der Waals surface area contributed by atoms with E-state index in [1.165, 1.54) is 0 Å². The molecule has 0 bridgehead atoms. The number of amides is 1. The molecule has 1 saturated heterocycles. The average Bonchev–Trinajstić information content (AvgIpc) is 2.63. The van der Waals surface area contributed by atoms with E-state index in [1.54, 1.807) is 17.8 Å². The number of para-hydroxylation sites is 1. The SMILES string of the molecule is O=C(/C=C/Sc1ccccc1)N1CCN(c2ccccc2Cl)CC1. The van der Waals surface area contributed by atoms with E-state index >= 15 is 0 Å². The number of thioether (sulfide) groups is 1. The van der Waals surface area contributed by atoms with Gasteiger partial charge in [-0.05, 0) is 29.7 Å². The molecule has 0 radical (unpaired) electrons. The van der Waals surface area contributed by atoms with E-state index in [9.17, 15) is 4.79 Å². The number of carbonyl (C=O) groups excluding carboxylic acids is 1. The van der Waals surface area contributed by atoms with Gasteiger partial charge in [-0.1, -0.05) is 53.7 Å². The third-order valence-electron chi connectivity index (χ3n) is 3.94. The molecule has 24 heavy (non-hydrogen) atoms. The summed E-state index contributed by atoms with van der Waals surface area (Å²) in [4.78, 5) is 17.5. The fraction of sp³-hybridized carbons (Fsp3) is 0.211. The van der Waals surface area contributed by atoms with E-state index in [0.29, 0.717) is 13.1 Å². The minimum absolute atomic E-state index is 0.0669. The number of hydrogen-bond acceptors (Lipinski definition) is 3. The number of halogens is 1. The van der Waals surface area contributed by atoms with Crippen LogP contribution in [0.25, 0.3) is 0 Å². The van der Waals surface area contributed by atoms with Gasteiger partial charge >= 0.3 is 0 Å². The zero-order chi connectivity index (χ0) is 16.8. The van der Waals surface area contributed by atoms with Gasteiger partial charge in [0.1, 0.15) is 0 Å². The maximum atomic E-state index is 12.3. The van der Waals surface area contributed by atoms with Crippen molar-refractivity contribution in [2.45, 2.75) is 4.90 Å². The first-order chi connectivity index (χ1) is 11.7. The summed E-state index contributed by atoms with van der Waals surface area (Å²) in [5, 5.41) is 2.62. The van der Waals surface area contributed by atoms with Crippen LogP contribution in [-0.4, -0.2) is 37.0 Å². The van der Waals surface area contributed by atoms with E-state index in [4.69, 9.17) is 11.6 Å². The Balaban J connectivity index is 1.51. The van der Waals surface area contributed by atoms with Crippen molar-refractivity contribution in [1.29, 1.82) is 0 Å². The molecule has 0 saturated carbocycles. The van der Waals surface area contributed by atoms with Gasteiger partial charge in [0, 0.05) is 37.2 Å². The second-order valence-electron chi connectivity index (χ2n) is 5.50. The highest BCUT2D eigenvalue weighted by Crippen LogP contribution is 2.26. The van der Waals surface area contributed by atoms with Crippen LogP contribution in [0.3, 0.4) is 0 Å². The molecule has 0 aliphatic carbocycles. The van der Waals surface area contributed by atoms with Gasteiger partial charge in [0.15, 0.2) is 0 Å². The van der Waals surface area contributed by atoms with Crippen molar-refractivity contribution in [3.63, 3.8) is 0 Å². The Bertz CT molecular complexity index is 712. The van der Waals surface area contributed by atoms with Gasteiger partial charge in [0.05, 0.1) is 10.7 Å². The molecule has 3 rings (SSSR count). The summed E-state index contributed by atoms with van der Waals surface area (Å²) in [6.45, 7) is 3.03. The second kappa shape index (κ2) is 8.27. The predicted octanol–water partition coefficient (Wildman–Crippen LogP) is 4.29. The summed E-state index contributed by atoms with van der Waals surface area (Å²) in [5.41, 5.74) is 1.04. The Labute approximate surface area is 151 Å². The number of carbonyl (C=O) groups is 1. The molecular weight excluding hydrogens is 340 g/mol. The molecule has 2 aromatic carbocycles. The lowest BCUT2D eigenvalue weighted by Gasteiger charge is -2.36. The Kier molecular flexibility index (Phi) is 5.83. The van der Waals surface area contributed by atoms with Gasteiger partial charge in [0.2, 0.25) is 5.91 Å². The van der Waals surface area contributed by atoms with Crippen molar-refractivity contribution in [2.75, 3.05) is 31.1 Å². The topological polar surface area (TPSA) is 23.6 Å². The van der Waals surface area contributed by atoms with Crippen LogP contribution >= 0.6 is 23.4 Å². The first-order valence-electron chi connectivity index (χ1n) is 7.91. The highest BCUT2D eigenvalue weighted by atomic mass is 35.5. The lowest BCUT2D eigenvalue weighted by atomic mass is 10.2. The Morgan fingerprint density at radius 3 is 2.33 bits per heavy atom. The standard InChI is InChI=1S/C19H19ClN2OS/c20-17-8-4-5-9-18(17)21-11-13-22(14-12-21)19(23)10-15-24-16-6-2-1-3-7-16/h1-10,15H,11-14H2/b15-10+. The van der Waals surface area contributed by atoms with E-state index in [2.05, 4.69) is 4.90 Å². The van der Waals surface area contributed by atoms with Gasteiger partial charge in [0.25, 0.3) is 0 Å². The summed E-state index contributed by atoms with van der Waals surface area (Å²) in [7, 11) is 0. The smallest absolute Gasteiger partial charge is 0.247 e. The zero-order valence-electron chi connectivity index (χ0n) is 13.3. The largest absolute Gasteiger partial charge is 0.367 e. The minimum atomic E-state index is 0.0669. The summed E-state index contributed by atoms with van der Waals surface area (Å²) in [5.74, 6) is 0.0669. The molecule has 0 atom stereocenters. The Morgan fingerprint density at radius 1 is 0.958 bits per heavy atom. The van der Waals surface area contributed by atoms with Crippen LogP contribution in [0.2, 0.25) is 5.02 Å². The van der Waals surface area contributed by atoms with Crippen molar-refractivity contribution < 1.29 is 4.79 Å². The van der Waals surface area contributed by atoms with Crippen LogP contribution in [0.4, 0.5) is 5.69 Å². The van der Waals surface area contributed by atoms with E-state index in [1.807, 2.05) is 64.9 Å². The summed E-state index contributed by atoms with van der Waals surface area (Å²) < 4.78 is 0. The molecule has 0 aromatic heterocycles. The van der Waals surface area contributed by atoms with Crippen LogP contribution in [-0.2, 0) is 4.79 Å². The van der Waals surface area contributed by atoms with Gasteiger partial charge in [-0.3, -0.25) is 4.79 Å². The van der Waals surface area contributed by atoms with Crippen molar-refractivity contribution in [1.82, 2.24) is 4.90 Å². The van der Waals surface area contributed by atoms with Crippen molar-refractivity contribution in [3.8, 4) is 0 Å². The zero-order valence-corrected chi connectivity index (χ0v) is 14.8. The van der Waals surface area contributed by atoms with Gasteiger partial charge in [-0.15, -0.1) is 0 Å². The van der Waals surface area contributed by atoms with Crippen molar-refractivity contribution in [2.24, 2.45) is 0 Å². The van der Waals surface area contributed by atoms with Crippen LogP contribution in [0.5, 0.6) is 0 Å². The number of hydrogen-bond donors (Lipinski definition) is 0. The van der Waals surface area contributed by atoms with Crippen LogP contribution in [0.1, 0.15) is 0 Å². The summed E-state index contributed by atoms with van der Waals surface area (Å²) in [6.07, 6.45) is 1.66. The maximum Gasteiger partial charge on any atom is 0.247 e. The lowest BCUT2D eigenvalue weighted by Crippen LogP contribution is -2.48. The quantitative estimate of drug-likeness (QED) is 0.601. The molecule has 0 N–H and O–H groups in total. The average molecular weight is 359 g/mol. The monoisotopic (exact) mass is 358 g/mol. The van der Waals surface area contributed by atoms with Gasteiger partial charge in [-0.2, -0.15) is 0 Å². The molecular formula is C19H19ClN2OS. The first kappa shape index (κ1) is 16.9. The van der Waals surface area contributed by atoms with Crippen LogP contribution < -0.4 is 4.90 Å². The third-order valence-corrected chi connectivity index (χ3v) is 5.08. The molecule has 0 spiro atoms. The number of piperazine rings is 1. The third kappa shape index (κ3) is 4.34. The molecule has 1 aliphatic heterocycles. The first-order valence-corrected chi connectivity index (χ1v) is 9.16. The normalized spacial score (nSPS) is 15.0. The second-order valence-corrected chi connectivity index (χ2v) is 6.88. The fourth-order valence-electron chi connectivity index (χ4n) is 2.65. The van der Waals surface area contributed by atoms with Gasteiger partial charge < -0.3 is 9.80 Å². The molecule has 1 heterocycles. The highest BCUT2D eigenvalue weighted by Gasteiger charge is 2.20. The summed E-state index contributed by atoms with van der Waals surface area (Å²) >= 11 is 7.80. The van der Waals surface area contributed by atoms with Crippen LogP contribution in [0.15, 0.2) is 71.0 Å². The Hall–Kier alpha value is -1.91. The van der Waals surface area contributed by atoms with Gasteiger partial charge in [-0.25, -0.2) is 0 Å². The lowest BCUT2D eigenvalue weighted by molar-refractivity contribution is -0.126. The molecule has 3 nitrogen and oxygen atoms in total. The molecule has 2 aromatic rings. The maximum absolute atomic E-state index is 12.3. The Morgan fingerprint density at radius 2 is 1.62 bits per heavy atom. The van der Waals surface area contributed by atoms with Crippen LogP contribution in [0, 0.1) is 0 Å². The molecule has 124 valence electrons. The minimum Gasteiger partial charge on any atom is -0.367 e. The molecule has 0 unspecified atom stereocenters. The fourth-order valence-corrected chi connectivity index (χ4v) is 3.56. The van der Waals surface area contributed by atoms with E-state index in [0.717, 1.165) is 28.7 Å². The molecule has 1 amide bonds. The summed E-state index contributed by atoms with van der Waals surface area (Å²) in [6, 6.07) is 17.9. The molecule has 1 aliphatic rings. The highest BCUT2D eigenvalue weighted by molar-refractivity contribution is 8.02. The van der Waals surface area contributed by atoms with Crippen molar-refractivity contribution >= 4 is 35.0 Å². The van der Waals surface area contributed by atoms with Crippen molar-refractivity contribution in [3.05, 3.63) is 71.1 Å². The predicted molar refractivity (Wildman–Crippen MR) is 102 cm³/mol. The molecule has 1 fully saturated rings.